The minimum atomic E-state index is -0.154. The van der Waals surface area contributed by atoms with Crippen LogP contribution in [-0.2, 0) is 4.79 Å². The number of para-hydroxylation sites is 1. The molecule has 2 aliphatic carbocycles. The summed E-state index contributed by atoms with van der Waals surface area (Å²) in [6.07, 6.45) is 2.19. The number of ketones is 1. The van der Waals surface area contributed by atoms with Crippen LogP contribution in [0.5, 0.6) is 0 Å². The van der Waals surface area contributed by atoms with Crippen LogP contribution < -0.4 is 10.6 Å². The molecule has 2 bridgehead atoms. The molecule has 2 aliphatic rings. The molecule has 0 heterocycles. The van der Waals surface area contributed by atoms with Gasteiger partial charge in [-0.05, 0) is 48.5 Å². The number of benzene rings is 1. The van der Waals surface area contributed by atoms with Crippen molar-refractivity contribution in [2.45, 2.75) is 33.6 Å². The SMILES string of the molecule is CC12CCC(C(CNC(=S)Nc3ccccc3)C1=O)C2(C)C. The molecule has 0 aromatic heterocycles. The molecule has 22 heavy (non-hydrogen) atoms. The van der Waals surface area contributed by atoms with Gasteiger partial charge in [-0.3, -0.25) is 4.79 Å². The van der Waals surface area contributed by atoms with Crippen LogP contribution in [0.1, 0.15) is 33.6 Å². The Kier molecular flexibility index (Phi) is 3.76. The number of rotatable bonds is 3. The third kappa shape index (κ3) is 2.24. The Morgan fingerprint density at radius 3 is 2.55 bits per heavy atom. The summed E-state index contributed by atoms with van der Waals surface area (Å²) < 4.78 is 0. The Hall–Kier alpha value is -1.42. The molecule has 3 rings (SSSR count). The number of thiocarbonyl (C=S) groups is 1. The van der Waals surface area contributed by atoms with E-state index in [1.807, 2.05) is 30.3 Å². The molecule has 0 spiro atoms. The maximum Gasteiger partial charge on any atom is 0.170 e. The van der Waals surface area contributed by atoms with Gasteiger partial charge < -0.3 is 10.6 Å². The second kappa shape index (κ2) is 5.34. The van der Waals surface area contributed by atoms with Crippen LogP contribution in [0, 0.1) is 22.7 Å². The molecular formula is C18H24N2OS. The highest BCUT2D eigenvalue weighted by Gasteiger charge is 2.65. The van der Waals surface area contributed by atoms with E-state index < -0.39 is 0 Å². The Morgan fingerprint density at radius 2 is 1.95 bits per heavy atom. The average molecular weight is 316 g/mol. The number of hydrogen-bond donors (Lipinski definition) is 2. The van der Waals surface area contributed by atoms with Crippen molar-refractivity contribution in [3.8, 4) is 0 Å². The predicted octanol–water partition coefficient (Wildman–Crippen LogP) is 3.61. The van der Waals surface area contributed by atoms with Gasteiger partial charge in [-0.15, -0.1) is 0 Å². The Morgan fingerprint density at radius 1 is 1.27 bits per heavy atom. The van der Waals surface area contributed by atoms with Crippen molar-refractivity contribution in [3.05, 3.63) is 30.3 Å². The average Bonchev–Trinajstić information content (AvgIpc) is 2.79. The number of carbonyl (C=O) groups is 1. The van der Waals surface area contributed by atoms with Gasteiger partial charge in [-0.2, -0.15) is 0 Å². The highest BCUT2D eigenvalue weighted by atomic mass is 32.1. The van der Waals surface area contributed by atoms with Crippen molar-refractivity contribution in [2.24, 2.45) is 22.7 Å². The van der Waals surface area contributed by atoms with Gasteiger partial charge in [0.1, 0.15) is 5.78 Å². The molecule has 1 aromatic rings. The van der Waals surface area contributed by atoms with Gasteiger partial charge in [0.2, 0.25) is 0 Å². The molecule has 0 amide bonds. The van der Waals surface area contributed by atoms with Gasteiger partial charge in [0.15, 0.2) is 5.11 Å². The molecule has 2 fully saturated rings. The number of hydrogen-bond acceptors (Lipinski definition) is 2. The number of carbonyl (C=O) groups excluding carboxylic acids is 1. The summed E-state index contributed by atoms with van der Waals surface area (Å²) in [7, 11) is 0. The minimum Gasteiger partial charge on any atom is -0.362 e. The topological polar surface area (TPSA) is 41.1 Å². The second-order valence-corrected chi connectivity index (χ2v) is 7.78. The van der Waals surface area contributed by atoms with Crippen molar-refractivity contribution in [1.29, 1.82) is 0 Å². The number of fused-ring (bicyclic) bond motifs is 2. The Bertz CT molecular complexity index is 598. The molecule has 0 aliphatic heterocycles. The van der Waals surface area contributed by atoms with E-state index in [1.54, 1.807) is 0 Å². The van der Waals surface area contributed by atoms with E-state index in [0.717, 1.165) is 18.5 Å². The summed E-state index contributed by atoms with van der Waals surface area (Å²) in [5, 5.41) is 6.99. The maximum atomic E-state index is 12.8. The van der Waals surface area contributed by atoms with Crippen molar-refractivity contribution >= 4 is 28.8 Å². The van der Waals surface area contributed by atoms with Crippen molar-refractivity contribution in [3.63, 3.8) is 0 Å². The summed E-state index contributed by atoms with van der Waals surface area (Å²) >= 11 is 5.35. The zero-order valence-electron chi connectivity index (χ0n) is 13.5. The van der Waals surface area contributed by atoms with Crippen LogP contribution >= 0.6 is 12.2 Å². The smallest absolute Gasteiger partial charge is 0.170 e. The summed E-state index contributed by atoms with van der Waals surface area (Å²) in [5.74, 6) is 0.977. The van der Waals surface area contributed by atoms with Crippen LogP contribution in [-0.4, -0.2) is 17.4 Å². The van der Waals surface area contributed by atoms with E-state index >= 15 is 0 Å². The molecule has 3 nitrogen and oxygen atoms in total. The van der Waals surface area contributed by atoms with Crippen LogP contribution in [0.2, 0.25) is 0 Å². The van der Waals surface area contributed by atoms with E-state index in [4.69, 9.17) is 12.2 Å². The third-order valence-corrected chi connectivity index (χ3v) is 6.43. The first-order chi connectivity index (χ1) is 10.4. The van der Waals surface area contributed by atoms with Gasteiger partial charge in [0.25, 0.3) is 0 Å². The minimum absolute atomic E-state index is 0.0873. The van der Waals surface area contributed by atoms with E-state index in [-0.39, 0.29) is 16.7 Å². The third-order valence-electron chi connectivity index (χ3n) is 6.18. The number of anilines is 1. The molecule has 3 atom stereocenters. The molecule has 2 N–H and O–H groups in total. The zero-order chi connectivity index (χ0) is 16.0. The Balaban J connectivity index is 1.61. The lowest BCUT2D eigenvalue weighted by atomic mass is 9.70. The lowest BCUT2D eigenvalue weighted by Gasteiger charge is -2.32. The molecule has 0 radical (unpaired) electrons. The second-order valence-electron chi connectivity index (χ2n) is 7.37. The monoisotopic (exact) mass is 316 g/mol. The molecule has 2 saturated carbocycles. The van der Waals surface area contributed by atoms with Gasteiger partial charge >= 0.3 is 0 Å². The lowest BCUT2D eigenvalue weighted by Crippen LogP contribution is -2.39. The fourth-order valence-electron chi connectivity index (χ4n) is 4.41. The standard InChI is InChI=1S/C18H24N2OS/c1-17(2)14-9-10-18(17,3)15(21)13(14)11-19-16(22)20-12-7-5-4-6-8-12/h4-8,13-14H,9-11H2,1-3H3,(H2,19,20,22). The molecule has 118 valence electrons. The molecule has 0 saturated heterocycles. The molecule has 1 aromatic carbocycles. The fraction of sp³-hybridized carbons (Fsp3) is 0.556. The van der Waals surface area contributed by atoms with Crippen LogP contribution in [0.3, 0.4) is 0 Å². The first-order valence-electron chi connectivity index (χ1n) is 8.00. The van der Waals surface area contributed by atoms with E-state index in [0.29, 0.717) is 23.4 Å². The van der Waals surface area contributed by atoms with Gasteiger partial charge in [0.05, 0.1) is 0 Å². The molecule has 4 heteroatoms. The number of nitrogens with one attached hydrogen (secondary N) is 2. The van der Waals surface area contributed by atoms with Crippen LogP contribution in [0.15, 0.2) is 30.3 Å². The van der Waals surface area contributed by atoms with E-state index in [9.17, 15) is 4.79 Å². The summed E-state index contributed by atoms with van der Waals surface area (Å²) in [5.41, 5.74) is 0.912. The number of Topliss-reactive ketones (excluding diaryl/α,β-unsaturated/α-hetero) is 1. The maximum absolute atomic E-state index is 12.8. The lowest BCUT2D eigenvalue weighted by molar-refractivity contribution is -0.131. The van der Waals surface area contributed by atoms with E-state index in [2.05, 4.69) is 31.4 Å². The van der Waals surface area contributed by atoms with Crippen LogP contribution in [0.4, 0.5) is 5.69 Å². The Labute approximate surface area is 137 Å². The largest absolute Gasteiger partial charge is 0.362 e. The van der Waals surface area contributed by atoms with Crippen molar-refractivity contribution in [1.82, 2.24) is 5.32 Å². The first kappa shape index (κ1) is 15.5. The quantitative estimate of drug-likeness (QED) is 0.836. The highest BCUT2D eigenvalue weighted by molar-refractivity contribution is 7.80. The summed E-state index contributed by atoms with van der Waals surface area (Å²) in [6, 6.07) is 9.85. The predicted molar refractivity (Wildman–Crippen MR) is 93.8 cm³/mol. The first-order valence-corrected chi connectivity index (χ1v) is 8.41. The van der Waals surface area contributed by atoms with Gasteiger partial charge in [-0.25, -0.2) is 0 Å². The van der Waals surface area contributed by atoms with Gasteiger partial charge in [0, 0.05) is 23.6 Å². The van der Waals surface area contributed by atoms with Crippen LogP contribution in [0.25, 0.3) is 0 Å². The summed E-state index contributed by atoms with van der Waals surface area (Å²) in [4.78, 5) is 12.8. The normalized spacial score (nSPS) is 32.0. The summed E-state index contributed by atoms with van der Waals surface area (Å²) in [6.45, 7) is 7.29. The van der Waals surface area contributed by atoms with Gasteiger partial charge in [-0.1, -0.05) is 39.0 Å². The van der Waals surface area contributed by atoms with Crippen molar-refractivity contribution in [2.75, 3.05) is 11.9 Å². The zero-order valence-corrected chi connectivity index (χ0v) is 14.3. The highest BCUT2D eigenvalue weighted by Crippen LogP contribution is 2.65. The molecule has 3 unspecified atom stereocenters. The fourth-order valence-corrected chi connectivity index (χ4v) is 4.61. The molecular weight excluding hydrogens is 292 g/mol. The van der Waals surface area contributed by atoms with E-state index in [1.165, 1.54) is 0 Å². The van der Waals surface area contributed by atoms with Crippen molar-refractivity contribution < 1.29 is 4.79 Å².